The van der Waals surface area contributed by atoms with Gasteiger partial charge in [0.05, 0.1) is 6.20 Å². The highest BCUT2D eigenvalue weighted by Crippen LogP contribution is 2.25. The molecule has 28 heavy (non-hydrogen) atoms. The van der Waals surface area contributed by atoms with E-state index in [1.165, 1.54) is 0 Å². The fourth-order valence-electron chi connectivity index (χ4n) is 4.07. The Kier molecular flexibility index (Phi) is 5.96. The molecule has 0 saturated carbocycles. The van der Waals surface area contributed by atoms with Crippen molar-refractivity contribution in [3.8, 4) is 6.01 Å². The highest BCUT2D eigenvalue weighted by molar-refractivity contribution is 5.53. The summed E-state index contributed by atoms with van der Waals surface area (Å²) in [5.41, 5.74) is 1.98. The molecular formula is C20H33N7O. The van der Waals surface area contributed by atoms with E-state index in [2.05, 4.69) is 41.4 Å². The normalized spacial score (nSPS) is 20.1. The number of rotatable bonds is 6. The zero-order valence-corrected chi connectivity index (χ0v) is 17.3. The molecule has 2 saturated heterocycles. The van der Waals surface area contributed by atoms with Crippen LogP contribution < -0.4 is 15.4 Å². The molecule has 8 nitrogen and oxygen atoms in total. The Bertz CT molecular complexity index is 776. The van der Waals surface area contributed by atoms with Gasteiger partial charge in [-0.25, -0.2) is 0 Å². The number of piperidine rings is 2. The van der Waals surface area contributed by atoms with E-state index in [1.807, 2.05) is 10.7 Å². The largest absolute Gasteiger partial charge is 0.460 e. The summed E-state index contributed by atoms with van der Waals surface area (Å²) in [6.45, 7) is 11.9. The van der Waals surface area contributed by atoms with E-state index in [0.29, 0.717) is 18.0 Å². The quantitative estimate of drug-likeness (QED) is 0.787. The smallest absolute Gasteiger partial charge is 0.322 e. The molecule has 0 spiro atoms. The second-order valence-electron chi connectivity index (χ2n) is 8.24. The third kappa shape index (κ3) is 4.22. The van der Waals surface area contributed by atoms with E-state index in [-0.39, 0.29) is 6.10 Å². The van der Waals surface area contributed by atoms with Gasteiger partial charge < -0.3 is 20.3 Å². The minimum atomic E-state index is 0.183. The Morgan fingerprint density at radius 3 is 2.61 bits per heavy atom. The van der Waals surface area contributed by atoms with Crippen LogP contribution in [0.15, 0.2) is 6.20 Å². The standard InChI is InChI=1S/C20H33N7O/c1-4-26-11-7-16(8-12-26)28-20-24-18-17(14(2)3)13-22-27(18)19(25-20)23-15-5-9-21-10-6-15/h13-16,21H,4-12H2,1-3H3,(H,23,24,25). The summed E-state index contributed by atoms with van der Waals surface area (Å²) in [5, 5.41) is 11.6. The number of aromatic nitrogens is 4. The van der Waals surface area contributed by atoms with Gasteiger partial charge in [0.1, 0.15) is 6.10 Å². The van der Waals surface area contributed by atoms with Crippen LogP contribution in [0.2, 0.25) is 0 Å². The maximum Gasteiger partial charge on any atom is 0.322 e. The summed E-state index contributed by atoms with van der Waals surface area (Å²) < 4.78 is 8.09. The van der Waals surface area contributed by atoms with E-state index in [0.717, 1.165) is 75.6 Å². The predicted octanol–water partition coefficient (Wildman–Crippen LogP) is 2.27. The lowest BCUT2D eigenvalue weighted by molar-refractivity contribution is 0.0957. The van der Waals surface area contributed by atoms with Crippen molar-refractivity contribution in [3.63, 3.8) is 0 Å². The molecule has 2 N–H and O–H groups in total. The maximum absolute atomic E-state index is 6.25. The van der Waals surface area contributed by atoms with Crippen molar-refractivity contribution in [2.45, 2.75) is 64.5 Å². The number of fused-ring (bicyclic) bond motifs is 1. The maximum atomic E-state index is 6.25. The molecule has 0 aliphatic carbocycles. The average molecular weight is 388 g/mol. The minimum Gasteiger partial charge on any atom is -0.460 e. The predicted molar refractivity (Wildman–Crippen MR) is 110 cm³/mol. The van der Waals surface area contributed by atoms with Crippen LogP contribution in [0, 0.1) is 0 Å². The Hall–Kier alpha value is -1.93. The van der Waals surface area contributed by atoms with E-state index in [4.69, 9.17) is 14.7 Å². The lowest BCUT2D eigenvalue weighted by Gasteiger charge is -2.30. The number of hydrogen-bond acceptors (Lipinski definition) is 7. The SMILES string of the molecule is CCN1CCC(Oc2nc(NC3CCNCC3)n3ncc(C(C)C)c3n2)CC1. The fraction of sp³-hybridized carbons (Fsp3) is 0.750. The summed E-state index contributed by atoms with van der Waals surface area (Å²) >= 11 is 0. The highest BCUT2D eigenvalue weighted by atomic mass is 16.5. The molecular weight excluding hydrogens is 354 g/mol. The Balaban J connectivity index is 1.59. The van der Waals surface area contributed by atoms with Crippen LogP contribution in [-0.2, 0) is 0 Å². The number of nitrogens with one attached hydrogen (secondary N) is 2. The number of anilines is 1. The van der Waals surface area contributed by atoms with Crippen LogP contribution in [0.3, 0.4) is 0 Å². The van der Waals surface area contributed by atoms with Crippen molar-refractivity contribution >= 4 is 11.6 Å². The summed E-state index contributed by atoms with van der Waals surface area (Å²) in [4.78, 5) is 11.9. The van der Waals surface area contributed by atoms with E-state index >= 15 is 0 Å². The molecule has 0 radical (unpaired) electrons. The van der Waals surface area contributed by atoms with Crippen LogP contribution in [0.4, 0.5) is 5.95 Å². The van der Waals surface area contributed by atoms with Crippen molar-refractivity contribution in [1.29, 1.82) is 0 Å². The van der Waals surface area contributed by atoms with Crippen LogP contribution in [0.25, 0.3) is 5.65 Å². The van der Waals surface area contributed by atoms with Crippen molar-refractivity contribution < 1.29 is 4.74 Å². The molecule has 2 aliphatic heterocycles. The number of likely N-dealkylation sites (tertiary alicyclic amines) is 1. The molecule has 2 aromatic heterocycles. The molecule has 2 aliphatic rings. The third-order valence-corrected chi connectivity index (χ3v) is 5.92. The lowest BCUT2D eigenvalue weighted by Crippen LogP contribution is -2.38. The van der Waals surface area contributed by atoms with Crippen LogP contribution in [0.1, 0.15) is 57.9 Å². The van der Waals surface area contributed by atoms with Gasteiger partial charge >= 0.3 is 6.01 Å². The third-order valence-electron chi connectivity index (χ3n) is 5.92. The molecule has 4 heterocycles. The summed E-state index contributed by atoms with van der Waals surface area (Å²) in [6, 6.07) is 0.868. The average Bonchev–Trinajstić information content (AvgIpc) is 3.14. The van der Waals surface area contributed by atoms with Crippen LogP contribution in [0.5, 0.6) is 6.01 Å². The first-order valence-corrected chi connectivity index (χ1v) is 10.8. The van der Waals surface area contributed by atoms with Gasteiger partial charge in [0.15, 0.2) is 5.65 Å². The first-order valence-electron chi connectivity index (χ1n) is 10.8. The number of hydrogen-bond donors (Lipinski definition) is 2. The molecule has 2 aromatic rings. The van der Waals surface area contributed by atoms with Crippen LogP contribution >= 0.6 is 0 Å². The first-order chi connectivity index (χ1) is 13.6. The molecule has 0 amide bonds. The second kappa shape index (κ2) is 8.61. The van der Waals surface area contributed by atoms with Gasteiger partial charge in [0.2, 0.25) is 5.95 Å². The first kappa shape index (κ1) is 19.4. The number of ether oxygens (including phenoxy) is 1. The van der Waals surface area contributed by atoms with Gasteiger partial charge in [-0.2, -0.15) is 19.6 Å². The summed E-state index contributed by atoms with van der Waals surface area (Å²) in [6.07, 6.45) is 6.30. The Morgan fingerprint density at radius 1 is 1.18 bits per heavy atom. The summed E-state index contributed by atoms with van der Waals surface area (Å²) in [5.74, 6) is 1.09. The van der Waals surface area contributed by atoms with E-state index in [9.17, 15) is 0 Å². The topological polar surface area (TPSA) is 79.6 Å². The van der Waals surface area contributed by atoms with E-state index in [1.54, 1.807) is 0 Å². The zero-order chi connectivity index (χ0) is 19.5. The molecule has 8 heteroatoms. The van der Waals surface area contributed by atoms with Gasteiger partial charge in [-0.3, -0.25) is 0 Å². The van der Waals surface area contributed by atoms with Gasteiger partial charge in [0, 0.05) is 24.7 Å². The molecule has 0 aromatic carbocycles. The lowest BCUT2D eigenvalue weighted by atomic mass is 10.1. The van der Waals surface area contributed by atoms with Crippen molar-refractivity contribution in [3.05, 3.63) is 11.8 Å². The highest BCUT2D eigenvalue weighted by Gasteiger charge is 2.23. The monoisotopic (exact) mass is 387 g/mol. The second-order valence-corrected chi connectivity index (χ2v) is 8.24. The molecule has 0 atom stereocenters. The van der Waals surface area contributed by atoms with Gasteiger partial charge in [0.25, 0.3) is 0 Å². The molecule has 154 valence electrons. The van der Waals surface area contributed by atoms with Gasteiger partial charge in [-0.1, -0.05) is 20.8 Å². The minimum absolute atomic E-state index is 0.183. The molecule has 0 bridgehead atoms. The van der Waals surface area contributed by atoms with Crippen molar-refractivity contribution in [2.24, 2.45) is 0 Å². The summed E-state index contributed by atoms with van der Waals surface area (Å²) in [7, 11) is 0. The van der Waals surface area contributed by atoms with Gasteiger partial charge in [-0.15, -0.1) is 0 Å². The molecule has 2 fully saturated rings. The zero-order valence-electron chi connectivity index (χ0n) is 17.3. The van der Waals surface area contributed by atoms with E-state index < -0.39 is 0 Å². The Morgan fingerprint density at radius 2 is 1.93 bits per heavy atom. The Labute approximate surface area is 167 Å². The van der Waals surface area contributed by atoms with Crippen molar-refractivity contribution in [1.82, 2.24) is 29.8 Å². The fourth-order valence-corrected chi connectivity index (χ4v) is 4.07. The molecule has 4 rings (SSSR count). The van der Waals surface area contributed by atoms with Crippen LogP contribution in [-0.4, -0.2) is 69.4 Å². The van der Waals surface area contributed by atoms with Crippen molar-refractivity contribution in [2.75, 3.05) is 38.0 Å². The number of nitrogens with zero attached hydrogens (tertiary/aromatic N) is 5. The molecule has 0 unspecified atom stereocenters. The van der Waals surface area contributed by atoms with Gasteiger partial charge in [-0.05, 0) is 51.2 Å².